The van der Waals surface area contributed by atoms with Gasteiger partial charge in [-0.15, -0.1) is 0 Å². The van der Waals surface area contributed by atoms with Gasteiger partial charge in [-0.05, 0) is 86.3 Å². The fourth-order valence-electron chi connectivity index (χ4n) is 4.55. The van der Waals surface area contributed by atoms with Gasteiger partial charge in [0, 0.05) is 5.54 Å². The largest absolute Gasteiger partial charge is 0.394 e. The third-order valence-electron chi connectivity index (χ3n) is 6.13. The van der Waals surface area contributed by atoms with Gasteiger partial charge in [0.1, 0.15) is 0 Å². The normalized spacial score (nSPS) is 30.0. The minimum absolute atomic E-state index is 0.114. The molecular formula is C22H33NO. The average molecular weight is 328 g/mol. The SMILES string of the molecule is CC/C=C/CC[C@@H]1CCc2cc([C@H]3CC[C@@](N)(CO)C3)ccc2C1. The van der Waals surface area contributed by atoms with Crippen LogP contribution in [0.1, 0.15) is 74.5 Å². The molecule has 24 heavy (non-hydrogen) atoms. The highest BCUT2D eigenvalue weighted by atomic mass is 16.3. The number of nitrogens with two attached hydrogens (primary N) is 1. The highest BCUT2D eigenvalue weighted by Gasteiger charge is 2.36. The summed E-state index contributed by atoms with van der Waals surface area (Å²) in [6.07, 6.45) is 15.1. The molecule has 0 aliphatic heterocycles. The molecule has 0 saturated heterocycles. The Morgan fingerprint density at radius 1 is 1.25 bits per heavy atom. The predicted molar refractivity (Wildman–Crippen MR) is 101 cm³/mol. The summed E-state index contributed by atoms with van der Waals surface area (Å²) in [5.41, 5.74) is 10.5. The molecule has 3 rings (SSSR count). The zero-order valence-electron chi connectivity index (χ0n) is 15.1. The average Bonchev–Trinajstić information content (AvgIpc) is 3.01. The lowest BCUT2D eigenvalue weighted by molar-refractivity contribution is 0.198. The van der Waals surface area contributed by atoms with E-state index >= 15 is 0 Å². The van der Waals surface area contributed by atoms with Crippen LogP contribution >= 0.6 is 0 Å². The fraction of sp³-hybridized carbons (Fsp3) is 0.636. The molecule has 3 N–H and O–H groups in total. The molecule has 1 aromatic carbocycles. The minimum atomic E-state index is -0.350. The molecule has 1 fully saturated rings. The van der Waals surface area contributed by atoms with Crippen LogP contribution in [0.4, 0.5) is 0 Å². The first-order valence-corrected chi connectivity index (χ1v) is 9.80. The standard InChI is InChI=1S/C22H33NO/c1-2-3-4-5-6-17-7-8-19-14-20(10-9-18(19)13-17)21-11-12-22(23,15-21)16-24/h3-4,9-10,14,17,21,24H,2,5-8,11-13,15-16,23H2,1H3/b4-3+/t17-,21+,22+/m1/s1. The summed E-state index contributed by atoms with van der Waals surface area (Å²) in [5.74, 6) is 1.38. The third kappa shape index (κ3) is 4.10. The van der Waals surface area contributed by atoms with Crippen molar-refractivity contribution in [2.75, 3.05) is 6.61 Å². The van der Waals surface area contributed by atoms with Crippen molar-refractivity contribution in [3.05, 3.63) is 47.0 Å². The molecule has 132 valence electrons. The molecule has 3 atom stereocenters. The predicted octanol–water partition coefficient (Wildman–Crippen LogP) is 4.50. The summed E-state index contributed by atoms with van der Waals surface area (Å²) in [4.78, 5) is 0. The van der Waals surface area contributed by atoms with Crippen molar-refractivity contribution < 1.29 is 5.11 Å². The van der Waals surface area contributed by atoms with Gasteiger partial charge >= 0.3 is 0 Å². The van der Waals surface area contributed by atoms with Crippen molar-refractivity contribution in [1.82, 2.24) is 0 Å². The molecule has 0 amide bonds. The van der Waals surface area contributed by atoms with E-state index in [4.69, 9.17) is 5.73 Å². The summed E-state index contributed by atoms with van der Waals surface area (Å²) in [6.45, 7) is 2.31. The topological polar surface area (TPSA) is 46.2 Å². The van der Waals surface area contributed by atoms with Crippen LogP contribution in [-0.2, 0) is 12.8 Å². The number of hydrogen-bond acceptors (Lipinski definition) is 2. The van der Waals surface area contributed by atoms with Gasteiger partial charge in [-0.3, -0.25) is 0 Å². The number of aliphatic hydroxyl groups is 1. The Bertz CT molecular complexity index is 579. The van der Waals surface area contributed by atoms with Gasteiger partial charge in [0.05, 0.1) is 6.61 Å². The van der Waals surface area contributed by atoms with E-state index in [0.29, 0.717) is 5.92 Å². The van der Waals surface area contributed by atoms with Crippen LogP contribution in [0.25, 0.3) is 0 Å². The smallest absolute Gasteiger partial charge is 0.0611 e. The first-order valence-electron chi connectivity index (χ1n) is 9.80. The fourth-order valence-corrected chi connectivity index (χ4v) is 4.55. The number of fused-ring (bicyclic) bond motifs is 1. The van der Waals surface area contributed by atoms with Crippen molar-refractivity contribution in [3.63, 3.8) is 0 Å². The summed E-state index contributed by atoms with van der Waals surface area (Å²) in [5, 5.41) is 9.49. The van der Waals surface area contributed by atoms with Crippen LogP contribution in [0, 0.1) is 5.92 Å². The maximum Gasteiger partial charge on any atom is 0.0611 e. The van der Waals surface area contributed by atoms with Crippen molar-refractivity contribution in [2.24, 2.45) is 11.7 Å². The van der Waals surface area contributed by atoms with E-state index in [9.17, 15) is 5.11 Å². The molecule has 0 bridgehead atoms. The molecular weight excluding hydrogens is 294 g/mol. The Morgan fingerprint density at radius 3 is 2.88 bits per heavy atom. The first-order chi connectivity index (χ1) is 11.6. The monoisotopic (exact) mass is 327 g/mol. The molecule has 1 saturated carbocycles. The van der Waals surface area contributed by atoms with Crippen LogP contribution in [0.15, 0.2) is 30.4 Å². The van der Waals surface area contributed by atoms with Gasteiger partial charge in [-0.2, -0.15) is 0 Å². The molecule has 0 spiro atoms. The molecule has 0 aromatic heterocycles. The maximum atomic E-state index is 9.49. The third-order valence-corrected chi connectivity index (χ3v) is 6.13. The van der Waals surface area contributed by atoms with Gasteiger partial charge in [0.25, 0.3) is 0 Å². The van der Waals surface area contributed by atoms with Gasteiger partial charge in [0.2, 0.25) is 0 Å². The van der Waals surface area contributed by atoms with E-state index in [0.717, 1.165) is 31.6 Å². The molecule has 2 aliphatic carbocycles. The summed E-state index contributed by atoms with van der Waals surface area (Å²) < 4.78 is 0. The Balaban J connectivity index is 1.61. The Hall–Kier alpha value is -1.12. The van der Waals surface area contributed by atoms with Crippen molar-refractivity contribution in [1.29, 1.82) is 0 Å². The molecule has 0 unspecified atom stereocenters. The van der Waals surface area contributed by atoms with Gasteiger partial charge < -0.3 is 10.8 Å². The van der Waals surface area contributed by atoms with E-state index in [1.165, 1.54) is 37.7 Å². The van der Waals surface area contributed by atoms with E-state index in [1.807, 2.05) is 0 Å². The molecule has 1 aromatic rings. The highest BCUT2D eigenvalue weighted by Crippen LogP contribution is 2.40. The summed E-state index contributed by atoms with van der Waals surface area (Å²) in [7, 11) is 0. The maximum absolute atomic E-state index is 9.49. The van der Waals surface area contributed by atoms with E-state index in [2.05, 4.69) is 37.3 Å². The number of benzene rings is 1. The lowest BCUT2D eigenvalue weighted by Gasteiger charge is -2.26. The zero-order valence-corrected chi connectivity index (χ0v) is 15.1. The van der Waals surface area contributed by atoms with Crippen LogP contribution < -0.4 is 5.73 Å². The van der Waals surface area contributed by atoms with E-state index in [1.54, 1.807) is 11.1 Å². The Kier molecular flexibility index (Phi) is 5.78. The van der Waals surface area contributed by atoms with Gasteiger partial charge in [-0.1, -0.05) is 37.3 Å². The number of aryl methyl sites for hydroxylation is 1. The second kappa shape index (κ2) is 7.84. The van der Waals surface area contributed by atoms with Crippen LogP contribution in [0.3, 0.4) is 0 Å². The minimum Gasteiger partial charge on any atom is -0.394 e. The lowest BCUT2D eigenvalue weighted by Crippen LogP contribution is -2.40. The van der Waals surface area contributed by atoms with Gasteiger partial charge in [-0.25, -0.2) is 0 Å². The van der Waals surface area contributed by atoms with Crippen LogP contribution in [-0.4, -0.2) is 17.3 Å². The van der Waals surface area contributed by atoms with Crippen molar-refractivity contribution in [2.45, 2.75) is 76.2 Å². The number of allylic oxidation sites excluding steroid dienone is 2. The Morgan fingerprint density at radius 2 is 2.12 bits per heavy atom. The zero-order chi connectivity index (χ0) is 17.0. The summed E-state index contributed by atoms with van der Waals surface area (Å²) >= 11 is 0. The molecule has 2 heteroatoms. The quantitative estimate of drug-likeness (QED) is 0.756. The van der Waals surface area contributed by atoms with Crippen molar-refractivity contribution >= 4 is 0 Å². The Labute approximate surface area is 147 Å². The number of rotatable bonds is 6. The van der Waals surface area contributed by atoms with Gasteiger partial charge in [0.15, 0.2) is 0 Å². The second-order valence-electron chi connectivity index (χ2n) is 8.05. The van der Waals surface area contributed by atoms with Crippen molar-refractivity contribution in [3.8, 4) is 0 Å². The highest BCUT2D eigenvalue weighted by molar-refractivity contribution is 5.36. The first kappa shape index (κ1) is 17.7. The molecule has 2 nitrogen and oxygen atoms in total. The number of aliphatic hydroxyl groups excluding tert-OH is 1. The molecule has 0 heterocycles. The van der Waals surface area contributed by atoms with E-state index in [-0.39, 0.29) is 12.1 Å². The van der Waals surface area contributed by atoms with Crippen LogP contribution in [0.2, 0.25) is 0 Å². The molecule has 2 aliphatic rings. The second-order valence-corrected chi connectivity index (χ2v) is 8.05. The molecule has 0 radical (unpaired) electrons. The van der Waals surface area contributed by atoms with Crippen LogP contribution in [0.5, 0.6) is 0 Å². The summed E-state index contributed by atoms with van der Waals surface area (Å²) in [6, 6.07) is 7.14. The van der Waals surface area contributed by atoms with E-state index < -0.39 is 0 Å². The lowest BCUT2D eigenvalue weighted by atomic mass is 9.80. The number of hydrogen-bond donors (Lipinski definition) is 2.